The largest absolute Gasteiger partial charge is 0.507 e. The van der Waals surface area contributed by atoms with Gasteiger partial charge in [-0.15, -0.1) is 0 Å². The van der Waals surface area contributed by atoms with Gasteiger partial charge in [-0.25, -0.2) is 0 Å². The maximum atomic E-state index is 13.4. The molecular formula is C32H35NO6. The van der Waals surface area contributed by atoms with Gasteiger partial charge in [-0.2, -0.15) is 0 Å². The number of carbonyl (C=O) groups is 2. The van der Waals surface area contributed by atoms with E-state index in [0.29, 0.717) is 48.8 Å². The zero-order valence-electron chi connectivity index (χ0n) is 22.8. The summed E-state index contributed by atoms with van der Waals surface area (Å²) in [6.45, 7) is 6.84. The van der Waals surface area contributed by atoms with Crippen LogP contribution in [0.4, 0.5) is 0 Å². The Balaban J connectivity index is 1.73. The summed E-state index contributed by atoms with van der Waals surface area (Å²) in [5.41, 5.74) is 2.95. The molecule has 3 aromatic rings. The highest BCUT2D eigenvalue weighted by Crippen LogP contribution is 2.43. The number of para-hydroxylation sites is 1. The fraction of sp³-hybridized carbons (Fsp3) is 0.312. The highest BCUT2D eigenvalue weighted by Gasteiger charge is 2.46. The van der Waals surface area contributed by atoms with Crippen molar-refractivity contribution in [2.75, 3.05) is 20.3 Å². The minimum atomic E-state index is -0.800. The molecule has 7 heteroatoms. The van der Waals surface area contributed by atoms with Crippen LogP contribution in [0.1, 0.15) is 48.6 Å². The molecule has 1 fully saturated rings. The van der Waals surface area contributed by atoms with Crippen molar-refractivity contribution in [1.29, 1.82) is 0 Å². The van der Waals surface area contributed by atoms with Gasteiger partial charge in [-0.1, -0.05) is 48.5 Å². The van der Waals surface area contributed by atoms with Gasteiger partial charge in [0.1, 0.15) is 23.9 Å². The standard InChI is InChI=1S/C32H35NO6/c1-21(2)39-27-14-9-8-13-25(27)29-28(31(35)32(36)33(29)17-10-18-37-4)30(34)24-15-16-26(22(3)19-24)38-20-23-11-6-5-7-12-23/h5-9,11-16,19,21,29,34H,10,17-18,20H2,1-4H3/b30-28-. The second-order valence-electron chi connectivity index (χ2n) is 9.80. The molecule has 7 nitrogen and oxygen atoms in total. The van der Waals surface area contributed by atoms with Crippen LogP contribution in [0.25, 0.3) is 5.76 Å². The lowest BCUT2D eigenvalue weighted by atomic mass is 9.94. The third-order valence-corrected chi connectivity index (χ3v) is 6.55. The summed E-state index contributed by atoms with van der Waals surface area (Å²) in [7, 11) is 1.59. The summed E-state index contributed by atoms with van der Waals surface area (Å²) in [5.74, 6) is -0.386. The fourth-order valence-electron chi connectivity index (χ4n) is 4.73. The third-order valence-electron chi connectivity index (χ3n) is 6.55. The lowest BCUT2D eigenvalue weighted by molar-refractivity contribution is -0.140. The van der Waals surface area contributed by atoms with Crippen LogP contribution in [0.15, 0.2) is 78.4 Å². The molecule has 1 atom stereocenters. The molecule has 1 N–H and O–H groups in total. The smallest absolute Gasteiger partial charge is 0.295 e. The molecule has 4 rings (SSSR count). The van der Waals surface area contributed by atoms with Crippen LogP contribution >= 0.6 is 0 Å². The number of aliphatic hydroxyl groups excluding tert-OH is 1. The number of benzene rings is 3. The number of amides is 1. The van der Waals surface area contributed by atoms with Gasteiger partial charge in [-0.05, 0) is 62.6 Å². The number of aliphatic hydroxyl groups is 1. The van der Waals surface area contributed by atoms with Crippen LogP contribution < -0.4 is 9.47 Å². The Morgan fingerprint density at radius 2 is 1.69 bits per heavy atom. The zero-order valence-corrected chi connectivity index (χ0v) is 22.8. The molecule has 0 bridgehead atoms. The van der Waals surface area contributed by atoms with E-state index >= 15 is 0 Å². The van der Waals surface area contributed by atoms with Crippen LogP contribution in [0.2, 0.25) is 0 Å². The van der Waals surface area contributed by atoms with E-state index in [2.05, 4.69) is 0 Å². The second-order valence-corrected chi connectivity index (χ2v) is 9.80. The summed E-state index contributed by atoms with van der Waals surface area (Å²) >= 11 is 0. The number of likely N-dealkylation sites (tertiary alicyclic amines) is 1. The van der Waals surface area contributed by atoms with Crippen molar-refractivity contribution >= 4 is 17.4 Å². The van der Waals surface area contributed by atoms with Crippen molar-refractivity contribution in [3.8, 4) is 11.5 Å². The van der Waals surface area contributed by atoms with E-state index in [-0.39, 0.29) is 17.4 Å². The first kappa shape index (κ1) is 27.9. The average molecular weight is 530 g/mol. The van der Waals surface area contributed by atoms with E-state index in [4.69, 9.17) is 14.2 Å². The quantitative estimate of drug-likeness (QED) is 0.146. The van der Waals surface area contributed by atoms with Crippen molar-refractivity contribution in [3.05, 3.63) is 101 Å². The predicted octanol–water partition coefficient (Wildman–Crippen LogP) is 5.82. The SMILES string of the molecule is COCCCN1C(=O)C(=O)/C(=C(\O)c2ccc(OCc3ccccc3)c(C)c2)C1c1ccccc1OC(C)C. The molecule has 1 aliphatic heterocycles. The first-order valence-corrected chi connectivity index (χ1v) is 13.1. The number of methoxy groups -OCH3 is 1. The van der Waals surface area contributed by atoms with Crippen LogP contribution in [0.5, 0.6) is 11.5 Å². The summed E-state index contributed by atoms with van der Waals surface area (Å²) in [5, 5.41) is 11.5. The number of nitrogens with zero attached hydrogens (tertiary/aromatic N) is 1. The van der Waals surface area contributed by atoms with Crippen LogP contribution in [0, 0.1) is 6.92 Å². The van der Waals surface area contributed by atoms with Gasteiger partial charge in [0.25, 0.3) is 11.7 Å². The van der Waals surface area contributed by atoms with Gasteiger partial charge < -0.3 is 24.2 Å². The first-order chi connectivity index (χ1) is 18.8. The summed E-state index contributed by atoms with van der Waals surface area (Å²) in [6.07, 6.45) is 0.424. The van der Waals surface area contributed by atoms with Crippen LogP contribution in [0.3, 0.4) is 0 Å². The molecule has 1 unspecified atom stereocenters. The maximum absolute atomic E-state index is 13.4. The number of Topliss-reactive ketones (excluding diaryl/α,β-unsaturated/α-hetero) is 1. The number of hydrogen-bond acceptors (Lipinski definition) is 6. The Kier molecular flexibility index (Phi) is 9.04. The normalized spacial score (nSPS) is 16.6. The molecule has 1 heterocycles. The molecule has 1 saturated heterocycles. The lowest BCUT2D eigenvalue weighted by Crippen LogP contribution is -2.31. The first-order valence-electron chi connectivity index (χ1n) is 13.1. The van der Waals surface area contributed by atoms with E-state index in [9.17, 15) is 14.7 Å². The van der Waals surface area contributed by atoms with Gasteiger partial charge >= 0.3 is 0 Å². The van der Waals surface area contributed by atoms with Gasteiger partial charge in [0.2, 0.25) is 0 Å². The Labute approximate surface area is 229 Å². The molecule has 0 aliphatic carbocycles. The van der Waals surface area contributed by atoms with Crippen molar-refractivity contribution < 1.29 is 28.9 Å². The summed E-state index contributed by atoms with van der Waals surface area (Å²) in [4.78, 5) is 28.1. The van der Waals surface area contributed by atoms with E-state index in [1.54, 1.807) is 25.3 Å². The highest BCUT2D eigenvalue weighted by atomic mass is 16.5. The van der Waals surface area contributed by atoms with Crippen molar-refractivity contribution in [1.82, 2.24) is 4.90 Å². The average Bonchev–Trinajstić information content (AvgIpc) is 3.17. The van der Waals surface area contributed by atoms with E-state index in [1.807, 2.05) is 75.4 Å². The van der Waals surface area contributed by atoms with Crippen molar-refractivity contribution in [2.45, 2.75) is 45.9 Å². The van der Waals surface area contributed by atoms with Crippen LogP contribution in [-0.4, -0.2) is 48.1 Å². The molecule has 1 aliphatic rings. The minimum Gasteiger partial charge on any atom is -0.507 e. The van der Waals surface area contributed by atoms with E-state index in [1.165, 1.54) is 4.90 Å². The van der Waals surface area contributed by atoms with Crippen LogP contribution in [-0.2, 0) is 20.9 Å². The molecule has 0 spiro atoms. The van der Waals surface area contributed by atoms with Crippen molar-refractivity contribution in [3.63, 3.8) is 0 Å². The molecule has 1 amide bonds. The predicted molar refractivity (Wildman–Crippen MR) is 150 cm³/mol. The second kappa shape index (κ2) is 12.6. The van der Waals surface area contributed by atoms with Gasteiger partial charge in [0.05, 0.1) is 17.7 Å². The minimum absolute atomic E-state index is 0.0366. The topological polar surface area (TPSA) is 85.3 Å². The Hall–Kier alpha value is -4.10. The van der Waals surface area contributed by atoms with Gasteiger partial charge in [-0.3, -0.25) is 9.59 Å². The molecule has 0 saturated carbocycles. The third kappa shape index (κ3) is 6.32. The van der Waals surface area contributed by atoms with Crippen molar-refractivity contribution in [2.24, 2.45) is 0 Å². The number of hydrogen-bond donors (Lipinski definition) is 1. The summed E-state index contributed by atoms with van der Waals surface area (Å²) in [6, 6.07) is 21.6. The maximum Gasteiger partial charge on any atom is 0.295 e. The molecule has 3 aromatic carbocycles. The lowest BCUT2D eigenvalue weighted by Gasteiger charge is -2.27. The molecule has 0 aromatic heterocycles. The molecule has 39 heavy (non-hydrogen) atoms. The Morgan fingerprint density at radius 3 is 2.38 bits per heavy atom. The monoisotopic (exact) mass is 529 g/mol. The fourth-order valence-corrected chi connectivity index (χ4v) is 4.73. The number of aryl methyl sites for hydroxylation is 1. The number of carbonyl (C=O) groups excluding carboxylic acids is 2. The van der Waals surface area contributed by atoms with E-state index < -0.39 is 17.7 Å². The van der Waals surface area contributed by atoms with E-state index in [0.717, 1.165) is 11.1 Å². The molecule has 204 valence electrons. The summed E-state index contributed by atoms with van der Waals surface area (Å²) < 4.78 is 17.2. The van der Waals surface area contributed by atoms with Gasteiger partial charge in [0, 0.05) is 31.4 Å². The number of ketones is 1. The molecular weight excluding hydrogens is 494 g/mol. The Bertz CT molecular complexity index is 1350. The highest BCUT2D eigenvalue weighted by molar-refractivity contribution is 6.46. The Morgan fingerprint density at radius 1 is 0.974 bits per heavy atom. The zero-order chi connectivity index (χ0) is 27.9. The van der Waals surface area contributed by atoms with Gasteiger partial charge in [0.15, 0.2) is 0 Å². The molecule has 0 radical (unpaired) electrons. The number of rotatable bonds is 11. The number of ether oxygens (including phenoxy) is 3.